The van der Waals surface area contributed by atoms with Crippen LogP contribution in [0.25, 0.3) is 22.1 Å². The summed E-state index contributed by atoms with van der Waals surface area (Å²) in [4.78, 5) is 12.0. The zero-order chi connectivity index (χ0) is 13.4. The molecule has 0 spiro atoms. The van der Waals surface area contributed by atoms with Gasteiger partial charge in [0.2, 0.25) is 0 Å². The fraction of sp³-hybridized carbons (Fsp3) is 0. The van der Waals surface area contributed by atoms with E-state index in [2.05, 4.69) is 0 Å². The summed E-state index contributed by atoms with van der Waals surface area (Å²) in [6.45, 7) is 0. The van der Waals surface area contributed by atoms with Crippen LogP contribution in [0.4, 0.5) is 0 Å². The molecule has 4 heteroatoms. The predicted octanol–water partition coefficient (Wildman–Crippen LogP) is 3.82. The average molecular weight is 273 g/mol. The zero-order valence-corrected chi connectivity index (χ0v) is 10.5. The Morgan fingerprint density at radius 1 is 1.00 bits per heavy atom. The highest BCUT2D eigenvalue weighted by Gasteiger charge is 2.12. The molecule has 2 aromatic carbocycles. The molecule has 0 fully saturated rings. The second-order valence-corrected chi connectivity index (χ2v) is 4.52. The Kier molecular flexibility index (Phi) is 2.76. The standard InChI is InChI=1S/C15H9ClO3/c16-12-5-3-7-14-11(12)8-10(15(18)19-14)9-4-1-2-6-13(9)17/h1-8,17H. The van der Waals surface area contributed by atoms with Crippen LogP contribution >= 0.6 is 11.6 Å². The van der Waals surface area contributed by atoms with Crippen LogP contribution in [0.2, 0.25) is 5.02 Å². The smallest absolute Gasteiger partial charge is 0.344 e. The van der Waals surface area contributed by atoms with Crippen LogP contribution in [0.1, 0.15) is 0 Å². The lowest BCUT2D eigenvalue weighted by Gasteiger charge is -2.05. The minimum Gasteiger partial charge on any atom is -0.507 e. The molecule has 0 atom stereocenters. The molecule has 0 bridgehead atoms. The second-order valence-electron chi connectivity index (χ2n) is 4.12. The number of hydrogen-bond donors (Lipinski definition) is 1. The highest BCUT2D eigenvalue weighted by atomic mass is 35.5. The van der Waals surface area contributed by atoms with E-state index in [1.807, 2.05) is 0 Å². The van der Waals surface area contributed by atoms with Crippen LogP contribution in [0.3, 0.4) is 0 Å². The maximum atomic E-state index is 12.0. The first-order chi connectivity index (χ1) is 9.16. The average Bonchev–Trinajstić information content (AvgIpc) is 2.39. The van der Waals surface area contributed by atoms with E-state index in [0.717, 1.165) is 0 Å². The lowest BCUT2D eigenvalue weighted by Crippen LogP contribution is -2.02. The molecule has 94 valence electrons. The minimum atomic E-state index is -0.503. The monoisotopic (exact) mass is 272 g/mol. The second kappa shape index (κ2) is 4.44. The molecule has 1 heterocycles. The molecule has 0 unspecified atom stereocenters. The first-order valence-electron chi connectivity index (χ1n) is 5.67. The number of aromatic hydroxyl groups is 1. The van der Waals surface area contributed by atoms with Crippen LogP contribution < -0.4 is 5.63 Å². The van der Waals surface area contributed by atoms with Crippen molar-refractivity contribution in [3.8, 4) is 16.9 Å². The Labute approximate surface area is 113 Å². The van der Waals surface area contributed by atoms with Crippen molar-refractivity contribution in [1.29, 1.82) is 0 Å². The van der Waals surface area contributed by atoms with E-state index in [-0.39, 0.29) is 5.75 Å². The van der Waals surface area contributed by atoms with E-state index in [9.17, 15) is 9.90 Å². The van der Waals surface area contributed by atoms with Crippen molar-refractivity contribution in [1.82, 2.24) is 0 Å². The molecule has 3 nitrogen and oxygen atoms in total. The summed E-state index contributed by atoms with van der Waals surface area (Å²) in [6.07, 6.45) is 0. The molecule has 3 aromatic rings. The highest BCUT2D eigenvalue weighted by molar-refractivity contribution is 6.35. The topological polar surface area (TPSA) is 50.4 Å². The fourth-order valence-corrected chi connectivity index (χ4v) is 2.21. The molecule has 0 aliphatic carbocycles. The number of hydrogen-bond acceptors (Lipinski definition) is 3. The van der Waals surface area contributed by atoms with E-state index in [1.54, 1.807) is 42.5 Å². The number of rotatable bonds is 1. The molecule has 0 aliphatic rings. The van der Waals surface area contributed by atoms with Gasteiger partial charge in [-0.15, -0.1) is 0 Å². The molecular weight excluding hydrogens is 264 g/mol. The van der Waals surface area contributed by atoms with Crippen LogP contribution in [0.5, 0.6) is 5.75 Å². The number of para-hydroxylation sites is 1. The summed E-state index contributed by atoms with van der Waals surface area (Å²) < 4.78 is 5.23. The molecule has 3 rings (SSSR count). The van der Waals surface area contributed by atoms with Crippen LogP contribution in [0.15, 0.2) is 57.7 Å². The van der Waals surface area contributed by atoms with Gasteiger partial charge in [-0.2, -0.15) is 0 Å². The number of halogens is 1. The Hall–Kier alpha value is -2.26. The Bertz CT molecular complexity index is 821. The van der Waals surface area contributed by atoms with Gasteiger partial charge >= 0.3 is 5.63 Å². The van der Waals surface area contributed by atoms with Gasteiger partial charge in [0.25, 0.3) is 0 Å². The van der Waals surface area contributed by atoms with Gasteiger partial charge in [-0.1, -0.05) is 35.9 Å². The Balaban J connectivity index is 2.37. The predicted molar refractivity (Wildman–Crippen MR) is 74.6 cm³/mol. The summed E-state index contributed by atoms with van der Waals surface area (Å²) in [5.74, 6) is 0.0289. The van der Waals surface area contributed by atoms with Crippen molar-refractivity contribution in [2.75, 3.05) is 0 Å². The van der Waals surface area contributed by atoms with E-state index < -0.39 is 5.63 Å². The first kappa shape index (κ1) is 11.8. The quantitative estimate of drug-likeness (QED) is 0.685. The van der Waals surface area contributed by atoms with Gasteiger partial charge in [0.05, 0.1) is 10.6 Å². The Morgan fingerprint density at radius 3 is 2.58 bits per heavy atom. The number of benzene rings is 2. The van der Waals surface area contributed by atoms with Gasteiger partial charge < -0.3 is 9.52 Å². The summed E-state index contributed by atoms with van der Waals surface area (Å²) in [7, 11) is 0. The van der Waals surface area contributed by atoms with Crippen molar-refractivity contribution >= 4 is 22.6 Å². The van der Waals surface area contributed by atoms with Crippen molar-refractivity contribution < 1.29 is 9.52 Å². The molecule has 1 N–H and O–H groups in total. The van der Waals surface area contributed by atoms with Crippen LogP contribution in [-0.2, 0) is 0 Å². The molecule has 1 aromatic heterocycles. The summed E-state index contributed by atoms with van der Waals surface area (Å²) >= 11 is 6.08. The van der Waals surface area contributed by atoms with Crippen LogP contribution in [0, 0.1) is 0 Å². The van der Waals surface area contributed by atoms with Crippen LogP contribution in [-0.4, -0.2) is 5.11 Å². The van der Waals surface area contributed by atoms with Crippen molar-refractivity contribution in [2.24, 2.45) is 0 Å². The third kappa shape index (κ3) is 1.98. The molecule has 0 saturated carbocycles. The van der Waals surface area contributed by atoms with E-state index in [0.29, 0.717) is 27.1 Å². The van der Waals surface area contributed by atoms with Gasteiger partial charge in [0.15, 0.2) is 0 Å². The molecule has 0 aliphatic heterocycles. The highest BCUT2D eigenvalue weighted by Crippen LogP contribution is 2.30. The fourth-order valence-electron chi connectivity index (χ4n) is 1.99. The van der Waals surface area contributed by atoms with E-state index in [4.69, 9.17) is 16.0 Å². The Morgan fingerprint density at radius 2 is 1.79 bits per heavy atom. The maximum Gasteiger partial charge on any atom is 0.344 e. The van der Waals surface area contributed by atoms with E-state index >= 15 is 0 Å². The molecule has 0 saturated heterocycles. The third-order valence-electron chi connectivity index (χ3n) is 2.92. The lowest BCUT2D eigenvalue weighted by molar-refractivity contribution is 0.476. The largest absolute Gasteiger partial charge is 0.507 e. The molecule has 0 amide bonds. The number of phenols is 1. The lowest BCUT2D eigenvalue weighted by atomic mass is 10.1. The van der Waals surface area contributed by atoms with Gasteiger partial charge in [0.1, 0.15) is 11.3 Å². The van der Waals surface area contributed by atoms with Gasteiger partial charge in [-0.05, 0) is 24.3 Å². The maximum absolute atomic E-state index is 12.0. The normalized spacial score (nSPS) is 10.8. The SMILES string of the molecule is O=c1oc2cccc(Cl)c2cc1-c1ccccc1O. The summed E-state index contributed by atoms with van der Waals surface area (Å²) in [6, 6.07) is 13.4. The number of phenolic OH excluding ortho intramolecular Hbond substituents is 1. The minimum absolute atomic E-state index is 0.0289. The molecule has 0 radical (unpaired) electrons. The summed E-state index contributed by atoms with van der Waals surface area (Å²) in [5, 5.41) is 11.0. The zero-order valence-electron chi connectivity index (χ0n) is 9.76. The van der Waals surface area contributed by atoms with E-state index in [1.165, 1.54) is 6.07 Å². The van der Waals surface area contributed by atoms with Gasteiger partial charge in [-0.25, -0.2) is 4.79 Å². The van der Waals surface area contributed by atoms with Crippen molar-refractivity contribution in [3.63, 3.8) is 0 Å². The summed E-state index contributed by atoms with van der Waals surface area (Å²) in [5.41, 5.74) is 0.643. The third-order valence-corrected chi connectivity index (χ3v) is 3.25. The molecule has 19 heavy (non-hydrogen) atoms. The van der Waals surface area contributed by atoms with Gasteiger partial charge in [-0.3, -0.25) is 0 Å². The van der Waals surface area contributed by atoms with Crippen molar-refractivity contribution in [2.45, 2.75) is 0 Å². The first-order valence-corrected chi connectivity index (χ1v) is 6.05. The number of fused-ring (bicyclic) bond motifs is 1. The van der Waals surface area contributed by atoms with Crippen molar-refractivity contribution in [3.05, 3.63) is 64.0 Å². The molecular formula is C15H9ClO3. The van der Waals surface area contributed by atoms with Gasteiger partial charge in [0, 0.05) is 10.9 Å².